The zero-order valence-corrected chi connectivity index (χ0v) is 14.1. The molecule has 1 fully saturated rings. The van der Waals surface area contributed by atoms with Gasteiger partial charge >= 0.3 is 0 Å². The third kappa shape index (κ3) is 3.40. The van der Waals surface area contributed by atoms with E-state index in [0.717, 1.165) is 49.2 Å². The average molecular weight is 305 g/mol. The Morgan fingerprint density at radius 2 is 2.00 bits per heavy atom. The van der Waals surface area contributed by atoms with Crippen LogP contribution in [0.25, 0.3) is 0 Å². The van der Waals surface area contributed by atoms with Crippen molar-refractivity contribution in [3.63, 3.8) is 0 Å². The first-order chi connectivity index (χ1) is 10.5. The molecule has 22 heavy (non-hydrogen) atoms. The third-order valence-corrected chi connectivity index (χ3v) is 4.63. The molecule has 1 atom stereocenters. The number of piperazine rings is 1. The Bertz CT molecular complexity index is 594. The molecular formula is C17H27N3O2. The molecule has 1 N–H and O–H groups in total. The van der Waals surface area contributed by atoms with Gasteiger partial charge in [-0.3, -0.25) is 14.5 Å². The van der Waals surface area contributed by atoms with Crippen molar-refractivity contribution in [3.8, 4) is 0 Å². The molecule has 1 unspecified atom stereocenters. The zero-order chi connectivity index (χ0) is 16.3. The SMILES string of the molecule is CCCCC1C(=O)N(C)CCN1Cc1[nH]cc(C)c(=O)c1C. The van der Waals surface area contributed by atoms with Crippen molar-refractivity contribution in [2.75, 3.05) is 20.1 Å². The van der Waals surface area contributed by atoms with Crippen LogP contribution in [0.15, 0.2) is 11.0 Å². The van der Waals surface area contributed by atoms with Crippen molar-refractivity contribution in [3.05, 3.63) is 33.2 Å². The number of hydrogen-bond acceptors (Lipinski definition) is 3. The van der Waals surface area contributed by atoms with E-state index < -0.39 is 0 Å². The van der Waals surface area contributed by atoms with Crippen molar-refractivity contribution in [1.29, 1.82) is 0 Å². The molecule has 0 aromatic carbocycles. The maximum atomic E-state index is 12.5. The summed E-state index contributed by atoms with van der Waals surface area (Å²) in [4.78, 5) is 31.8. The van der Waals surface area contributed by atoms with Gasteiger partial charge in [-0.2, -0.15) is 0 Å². The van der Waals surface area contributed by atoms with Gasteiger partial charge < -0.3 is 9.88 Å². The highest BCUT2D eigenvalue weighted by Gasteiger charge is 2.32. The molecule has 122 valence electrons. The number of aromatic nitrogens is 1. The molecule has 5 nitrogen and oxygen atoms in total. The van der Waals surface area contributed by atoms with Crippen LogP contribution in [-0.2, 0) is 11.3 Å². The topological polar surface area (TPSA) is 56.4 Å². The molecule has 0 radical (unpaired) electrons. The van der Waals surface area contributed by atoms with Gasteiger partial charge in [0, 0.05) is 49.7 Å². The number of aryl methyl sites for hydroxylation is 1. The minimum absolute atomic E-state index is 0.0668. The number of carbonyl (C=O) groups excluding carboxylic acids is 1. The van der Waals surface area contributed by atoms with Gasteiger partial charge in [-0.25, -0.2) is 0 Å². The molecule has 0 bridgehead atoms. The van der Waals surface area contributed by atoms with E-state index in [0.29, 0.717) is 6.54 Å². The molecule has 0 aliphatic carbocycles. The van der Waals surface area contributed by atoms with Gasteiger partial charge in [0.05, 0.1) is 6.04 Å². The molecule has 5 heteroatoms. The van der Waals surface area contributed by atoms with E-state index in [1.165, 1.54) is 0 Å². The third-order valence-electron chi connectivity index (χ3n) is 4.63. The Kier molecular flexibility index (Phi) is 5.40. The summed E-state index contributed by atoms with van der Waals surface area (Å²) < 4.78 is 0. The number of nitrogens with zero attached hydrogens (tertiary/aromatic N) is 2. The normalized spacial score (nSPS) is 19.7. The van der Waals surface area contributed by atoms with Crippen LogP contribution in [0, 0.1) is 13.8 Å². The summed E-state index contributed by atoms with van der Waals surface area (Å²) in [5.41, 5.74) is 2.52. The van der Waals surface area contributed by atoms with Crippen LogP contribution >= 0.6 is 0 Å². The molecule has 1 aliphatic rings. The number of nitrogens with one attached hydrogen (secondary N) is 1. The Morgan fingerprint density at radius 1 is 1.27 bits per heavy atom. The van der Waals surface area contributed by atoms with Crippen LogP contribution < -0.4 is 5.43 Å². The minimum atomic E-state index is -0.0668. The van der Waals surface area contributed by atoms with Crippen LogP contribution in [0.2, 0.25) is 0 Å². The lowest BCUT2D eigenvalue weighted by Gasteiger charge is -2.39. The van der Waals surface area contributed by atoms with E-state index in [9.17, 15) is 9.59 Å². The molecule has 2 rings (SSSR count). The standard InChI is InChI=1S/C17H27N3O2/c1-5-6-7-15-17(22)19(4)8-9-20(15)11-14-13(3)16(21)12(2)10-18-14/h10,15H,5-9,11H2,1-4H3,(H,18,21). The second kappa shape index (κ2) is 7.09. The summed E-state index contributed by atoms with van der Waals surface area (Å²) in [7, 11) is 1.87. The Balaban J connectivity index is 2.20. The van der Waals surface area contributed by atoms with Crippen molar-refractivity contribution < 1.29 is 4.79 Å². The quantitative estimate of drug-likeness (QED) is 0.903. The highest BCUT2D eigenvalue weighted by atomic mass is 16.2. The summed E-state index contributed by atoms with van der Waals surface area (Å²) in [6.07, 6.45) is 4.78. The molecular weight excluding hydrogens is 278 g/mol. The number of likely N-dealkylation sites (N-methyl/N-ethyl adjacent to an activating group) is 1. The Labute approximate surface area is 132 Å². The highest BCUT2D eigenvalue weighted by molar-refractivity contribution is 5.82. The average Bonchev–Trinajstić information content (AvgIpc) is 2.51. The summed E-state index contributed by atoms with van der Waals surface area (Å²) in [6, 6.07) is -0.0668. The molecule has 1 aromatic rings. The number of H-pyrrole nitrogens is 1. The van der Waals surface area contributed by atoms with Crippen LogP contribution in [0.5, 0.6) is 0 Å². The number of amides is 1. The van der Waals surface area contributed by atoms with E-state index >= 15 is 0 Å². The second-order valence-electron chi connectivity index (χ2n) is 6.29. The summed E-state index contributed by atoms with van der Waals surface area (Å²) in [5.74, 6) is 0.201. The predicted molar refractivity (Wildman–Crippen MR) is 87.9 cm³/mol. The zero-order valence-electron chi connectivity index (χ0n) is 14.1. The predicted octanol–water partition coefficient (Wildman–Crippen LogP) is 1.82. The lowest BCUT2D eigenvalue weighted by atomic mass is 10.0. The maximum Gasteiger partial charge on any atom is 0.239 e. The first-order valence-electron chi connectivity index (χ1n) is 8.12. The molecule has 2 heterocycles. The van der Waals surface area contributed by atoms with Gasteiger partial charge in [-0.15, -0.1) is 0 Å². The monoisotopic (exact) mass is 305 g/mol. The smallest absolute Gasteiger partial charge is 0.239 e. The number of rotatable bonds is 5. The fourth-order valence-corrected chi connectivity index (χ4v) is 3.02. The number of unbranched alkanes of at least 4 members (excludes halogenated alkanes) is 1. The molecule has 1 amide bonds. The maximum absolute atomic E-state index is 12.5. The number of aromatic amines is 1. The van der Waals surface area contributed by atoms with E-state index in [1.54, 1.807) is 6.20 Å². The fraction of sp³-hybridized carbons (Fsp3) is 0.647. The van der Waals surface area contributed by atoms with Crippen LogP contribution in [0.3, 0.4) is 0 Å². The number of hydrogen-bond donors (Lipinski definition) is 1. The first kappa shape index (κ1) is 16.7. The van der Waals surface area contributed by atoms with Crippen LogP contribution in [-0.4, -0.2) is 46.9 Å². The Morgan fingerprint density at radius 3 is 2.68 bits per heavy atom. The van der Waals surface area contributed by atoms with Gasteiger partial charge in [0.25, 0.3) is 0 Å². The van der Waals surface area contributed by atoms with Gasteiger partial charge in [-0.1, -0.05) is 19.8 Å². The van der Waals surface area contributed by atoms with E-state index in [2.05, 4.69) is 16.8 Å². The highest BCUT2D eigenvalue weighted by Crippen LogP contribution is 2.19. The molecule has 1 aliphatic heterocycles. The summed E-state index contributed by atoms with van der Waals surface area (Å²) in [5, 5.41) is 0. The van der Waals surface area contributed by atoms with Crippen LogP contribution in [0.1, 0.15) is 43.0 Å². The first-order valence-corrected chi connectivity index (χ1v) is 8.12. The van der Waals surface area contributed by atoms with Gasteiger partial charge in [0.15, 0.2) is 5.43 Å². The second-order valence-corrected chi connectivity index (χ2v) is 6.29. The lowest BCUT2D eigenvalue weighted by Crippen LogP contribution is -2.55. The van der Waals surface area contributed by atoms with E-state index in [4.69, 9.17) is 0 Å². The molecule has 0 saturated carbocycles. The summed E-state index contributed by atoms with van der Waals surface area (Å²) >= 11 is 0. The van der Waals surface area contributed by atoms with Gasteiger partial charge in [0.2, 0.25) is 5.91 Å². The van der Waals surface area contributed by atoms with Crippen molar-refractivity contribution in [1.82, 2.24) is 14.8 Å². The lowest BCUT2D eigenvalue weighted by molar-refractivity contribution is -0.140. The Hall–Kier alpha value is -1.62. The van der Waals surface area contributed by atoms with Crippen LogP contribution in [0.4, 0.5) is 0 Å². The fourth-order valence-electron chi connectivity index (χ4n) is 3.02. The molecule has 1 saturated heterocycles. The summed E-state index contributed by atoms with van der Waals surface area (Å²) in [6.45, 7) is 8.06. The number of carbonyl (C=O) groups is 1. The van der Waals surface area contributed by atoms with Crippen molar-refractivity contribution in [2.24, 2.45) is 0 Å². The van der Waals surface area contributed by atoms with Crippen molar-refractivity contribution in [2.45, 2.75) is 52.6 Å². The largest absolute Gasteiger partial charge is 0.363 e. The molecule has 1 aromatic heterocycles. The molecule has 0 spiro atoms. The minimum Gasteiger partial charge on any atom is -0.363 e. The van der Waals surface area contributed by atoms with Gasteiger partial charge in [-0.05, 0) is 20.3 Å². The number of pyridine rings is 1. The van der Waals surface area contributed by atoms with E-state index in [1.807, 2.05) is 25.8 Å². The van der Waals surface area contributed by atoms with E-state index in [-0.39, 0.29) is 17.4 Å². The van der Waals surface area contributed by atoms with Gasteiger partial charge in [0.1, 0.15) is 0 Å². The van der Waals surface area contributed by atoms with Crippen molar-refractivity contribution >= 4 is 5.91 Å².